The molecule has 0 radical (unpaired) electrons. The highest BCUT2D eigenvalue weighted by Gasteiger charge is 2.13. The quantitative estimate of drug-likeness (QED) is 0.876. The van der Waals surface area contributed by atoms with Crippen LogP contribution in [0.3, 0.4) is 0 Å². The van der Waals surface area contributed by atoms with Gasteiger partial charge in [0, 0.05) is 17.5 Å². The van der Waals surface area contributed by atoms with Gasteiger partial charge in [-0.3, -0.25) is 9.78 Å². The van der Waals surface area contributed by atoms with Crippen molar-refractivity contribution in [2.24, 2.45) is 0 Å². The lowest BCUT2D eigenvalue weighted by Gasteiger charge is -2.13. The second kappa shape index (κ2) is 5.80. The van der Waals surface area contributed by atoms with Crippen LogP contribution in [0.25, 0.3) is 0 Å². The summed E-state index contributed by atoms with van der Waals surface area (Å²) in [5, 5.41) is 3.19. The van der Waals surface area contributed by atoms with Gasteiger partial charge in [-0.1, -0.05) is 17.7 Å². The summed E-state index contributed by atoms with van der Waals surface area (Å²) < 4.78 is 0. The summed E-state index contributed by atoms with van der Waals surface area (Å²) in [7, 11) is 0. The lowest BCUT2D eigenvalue weighted by molar-refractivity contribution is 0.0939. The summed E-state index contributed by atoms with van der Waals surface area (Å²) in [6, 6.07) is 8.68. The molecule has 1 unspecified atom stereocenters. The topological polar surface area (TPSA) is 54.9 Å². The van der Waals surface area contributed by atoms with Crippen LogP contribution in [0.4, 0.5) is 0 Å². The van der Waals surface area contributed by atoms with Crippen molar-refractivity contribution in [1.82, 2.24) is 15.3 Å². The maximum Gasteiger partial charge on any atom is 0.251 e. The second-order valence-corrected chi connectivity index (χ2v) is 4.66. The minimum Gasteiger partial charge on any atom is -0.344 e. The number of hydrogen-bond acceptors (Lipinski definition) is 3. The lowest BCUT2D eigenvalue weighted by atomic mass is 10.1. The van der Waals surface area contributed by atoms with E-state index in [0.29, 0.717) is 16.4 Å². The van der Waals surface area contributed by atoms with Gasteiger partial charge in [0.1, 0.15) is 5.15 Å². The number of amides is 1. The molecule has 0 aliphatic heterocycles. The molecule has 0 saturated heterocycles. The fraction of sp³-hybridized carbons (Fsp3) is 0.214. The number of rotatable bonds is 3. The van der Waals surface area contributed by atoms with Crippen LogP contribution in [0.5, 0.6) is 0 Å². The van der Waals surface area contributed by atoms with Crippen LogP contribution < -0.4 is 5.32 Å². The molecule has 2 rings (SSSR count). The van der Waals surface area contributed by atoms with Gasteiger partial charge in [-0.2, -0.15) is 0 Å². The molecule has 1 amide bonds. The molecule has 0 bridgehead atoms. The molecule has 2 heterocycles. The highest BCUT2D eigenvalue weighted by molar-refractivity contribution is 6.29. The summed E-state index contributed by atoms with van der Waals surface area (Å²) in [4.78, 5) is 20.3. The highest BCUT2D eigenvalue weighted by Crippen LogP contribution is 2.13. The fourth-order valence-electron chi connectivity index (χ4n) is 1.75. The number of halogens is 1. The highest BCUT2D eigenvalue weighted by atomic mass is 35.5. The van der Waals surface area contributed by atoms with E-state index in [2.05, 4.69) is 15.3 Å². The number of nitrogens with one attached hydrogen (secondary N) is 1. The molecule has 4 nitrogen and oxygen atoms in total. The molecule has 0 aliphatic rings. The number of aryl methyl sites for hydroxylation is 1. The predicted molar refractivity (Wildman–Crippen MR) is 74.1 cm³/mol. The van der Waals surface area contributed by atoms with Crippen LogP contribution in [-0.2, 0) is 0 Å². The van der Waals surface area contributed by atoms with Crippen LogP contribution in [-0.4, -0.2) is 15.9 Å². The minimum absolute atomic E-state index is 0.166. The van der Waals surface area contributed by atoms with E-state index >= 15 is 0 Å². The Morgan fingerprint density at radius 3 is 2.79 bits per heavy atom. The Morgan fingerprint density at radius 2 is 2.16 bits per heavy atom. The Hall–Kier alpha value is -1.94. The smallest absolute Gasteiger partial charge is 0.251 e. The maximum absolute atomic E-state index is 12.1. The zero-order valence-corrected chi connectivity index (χ0v) is 11.5. The summed E-state index contributed by atoms with van der Waals surface area (Å²) in [5.74, 6) is -0.189. The van der Waals surface area contributed by atoms with Crippen LogP contribution in [0.15, 0.2) is 36.5 Å². The van der Waals surface area contributed by atoms with Gasteiger partial charge in [-0.15, -0.1) is 0 Å². The monoisotopic (exact) mass is 275 g/mol. The third kappa shape index (κ3) is 3.51. The van der Waals surface area contributed by atoms with E-state index in [1.165, 1.54) is 0 Å². The molecule has 1 N–H and O–H groups in total. The number of carbonyl (C=O) groups excluding carboxylic acids is 1. The van der Waals surface area contributed by atoms with E-state index in [1.54, 1.807) is 25.3 Å². The van der Waals surface area contributed by atoms with E-state index in [0.717, 1.165) is 5.69 Å². The third-order valence-electron chi connectivity index (χ3n) is 2.66. The SMILES string of the molecule is Cc1cc(C(=O)NC(C)c2ccccn2)cc(Cl)n1. The second-order valence-electron chi connectivity index (χ2n) is 4.27. The van der Waals surface area contributed by atoms with Gasteiger partial charge in [0.15, 0.2) is 0 Å². The third-order valence-corrected chi connectivity index (χ3v) is 2.86. The first-order chi connectivity index (χ1) is 9.06. The number of hydrogen-bond donors (Lipinski definition) is 1. The van der Waals surface area contributed by atoms with Gasteiger partial charge in [-0.05, 0) is 38.1 Å². The Morgan fingerprint density at radius 1 is 1.37 bits per heavy atom. The number of nitrogens with zero attached hydrogens (tertiary/aromatic N) is 2. The summed E-state index contributed by atoms with van der Waals surface area (Å²) in [5.41, 5.74) is 2.02. The Bertz CT molecular complexity index is 566. The molecule has 0 aromatic carbocycles. The van der Waals surface area contributed by atoms with Gasteiger partial charge in [0.05, 0.1) is 11.7 Å². The minimum atomic E-state index is -0.189. The Balaban J connectivity index is 2.13. The molecular formula is C14H14ClN3O. The molecule has 0 saturated carbocycles. The largest absolute Gasteiger partial charge is 0.344 e. The first kappa shape index (κ1) is 13.5. The molecule has 2 aromatic rings. The summed E-state index contributed by atoms with van der Waals surface area (Å²) >= 11 is 5.84. The first-order valence-corrected chi connectivity index (χ1v) is 6.30. The average Bonchev–Trinajstić information content (AvgIpc) is 2.38. The lowest BCUT2D eigenvalue weighted by Crippen LogP contribution is -2.27. The van der Waals surface area contributed by atoms with Crippen LogP contribution in [0.2, 0.25) is 5.15 Å². The van der Waals surface area contributed by atoms with Crippen molar-refractivity contribution in [2.75, 3.05) is 0 Å². The van der Waals surface area contributed by atoms with Crippen molar-refractivity contribution in [1.29, 1.82) is 0 Å². The van der Waals surface area contributed by atoms with Gasteiger partial charge in [-0.25, -0.2) is 4.98 Å². The zero-order valence-electron chi connectivity index (χ0n) is 10.7. The summed E-state index contributed by atoms with van der Waals surface area (Å²) in [6.07, 6.45) is 1.70. The van der Waals surface area contributed by atoms with Crippen LogP contribution in [0.1, 0.15) is 34.7 Å². The molecule has 19 heavy (non-hydrogen) atoms. The van der Waals surface area contributed by atoms with E-state index in [1.807, 2.05) is 25.1 Å². The molecule has 2 aromatic heterocycles. The Labute approximate surface area is 116 Å². The van der Waals surface area contributed by atoms with E-state index in [-0.39, 0.29) is 11.9 Å². The van der Waals surface area contributed by atoms with Crippen molar-refractivity contribution in [3.8, 4) is 0 Å². The Kier molecular flexibility index (Phi) is 4.12. The zero-order chi connectivity index (χ0) is 13.8. The van der Waals surface area contributed by atoms with E-state index in [4.69, 9.17) is 11.6 Å². The maximum atomic E-state index is 12.1. The van der Waals surface area contributed by atoms with Gasteiger partial charge >= 0.3 is 0 Å². The molecule has 0 aliphatic carbocycles. The fourth-order valence-corrected chi connectivity index (χ4v) is 2.00. The molecule has 5 heteroatoms. The normalized spacial score (nSPS) is 11.9. The van der Waals surface area contributed by atoms with Crippen LogP contribution in [0, 0.1) is 6.92 Å². The van der Waals surface area contributed by atoms with Crippen molar-refractivity contribution >= 4 is 17.5 Å². The standard InChI is InChI=1S/C14H14ClN3O/c1-9-7-11(8-13(15)17-9)14(19)18-10(2)12-5-3-4-6-16-12/h3-8,10H,1-2H3,(H,18,19). The predicted octanol–water partition coefficient (Wildman–Crippen LogP) is 2.93. The first-order valence-electron chi connectivity index (χ1n) is 5.92. The molecule has 0 fully saturated rings. The van der Waals surface area contributed by atoms with Crippen molar-refractivity contribution in [3.05, 3.63) is 58.6 Å². The number of aromatic nitrogens is 2. The van der Waals surface area contributed by atoms with Crippen molar-refractivity contribution < 1.29 is 4.79 Å². The van der Waals surface area contributed by atoms with E-state index in [9.17, 15) is 4.79 Å². The average molecular weight is 276 g/mol. The van der Waals surface area contributed by atoms with Crippen molar-refractivity contribution in [2.45, 2.75) is 19.9 Å². The summed E-state index contributed by atoms with van der Waals surface area (Å²) in [6.45, 7) is 3.68. The number of carbonyl (C=O) groups is 1. The van der Waals surface area contributed by atoms with Gasteiger partial charge in [0.25, 0.3) is 5.91 Å². The molecular weight excluding hydrogens is 262 g/mol. The molecule has 98 valence electrons. The molecule has 1 atom stereocenters. The van der Waals surface area contributed by atoms with Gasteiger partial charge in [0.2, 0.25) is 0 Å². The van der Waals surface area contributed by atoms with E-state index < -0.39 is 0 Å². The molecule has 0 spiro atoms. The van der Waals surface area contributed by atoms with Crippen molar-refractivity contribution in [3.63, 3.8) is 0 Å². The number of pyridine rings is 2. The van der Waals surface area contributed by atoms with Crippen LogP contribution >= 0.6 is 11.6 Å². The van der Waals surface area contributed by atoms with Gasteiger partial charge < -0.3 is 5.32 Å².